The van der Waals surface area contributed by atoms with Gasteiger partial charge in [0.05, 0.1) is 36.1 Å². The van der Waals surface area contributed by atoms with Crippen molar-refractivity contribution in [1.29, 1.82) is 0 Å². The number of likely N-dealkylation sites (tertiary alicyclic amines) is 1. The van der Waals surface area contributed by atoms with Crippen LogP contribution in [0.25, 0.3) is 0 Å². The van der Waals surface area contributed by atoms with Crippen molar-refractivity contribution in [2.75, 3.05) is 40.4 Å². The van der Waals surface area contributed by atoms with Gasteiger partial charge in [-0.25, -0.2) is 0 Å². The number of non-ortho nitro benzene ring substituents is 2. The number of piperidine rings is 1. The average molecular weight is 634 g/mol. The van der Waals surface area contributed by atoms with Crippen LogP contribution in [0.4, 0.5) is 11.4 Å². The summed E-state index contributed by atoms with van der Waals surface area (Å²) >= 11 is 0. The van der Waals surface area contributed by atoms with Crippen LogP contribution in [0, 0.1) is 20.2 Å². The highest BCUT2D eigenvalue weighted by Crippen LogP contribution is 2.47. The van der Waals surface area contributed by atoms with Gasteiger partial charge < -0.3 is 14.4 Å². The van der Waals surface area contributed by atoms with Crippen LogP contribution in [0.15, 0.2) is 60.7 Å². The highest BCUT2D eigenvalue weighted by Gasteiger charge is 2.47. The molecule has 2 aliphatic heterocycles. The van der Waals surface area contributed by atoms with Crippen LogP contribution in [0.5, 0.6) is 11.5 Å². The standard InChI is InChI=1S/C30H32N4O7.2ClH/c1-40-28-17-25-26(18-29(28)41-2)30(32(20-27(25)35)19-22-5-9-24(10-6-22)34(38)39)12-15-31(16-13-30)14-11-21-3-7-23(8-4-21)33(36)37;;/h3-10,17-18H,11-16,19-20H2,1-2H3;2*1H. The Labute approximate surface area is 261 Å². The number of hydrogen-bond acceptors (Lipinski definition) is 9. The first-order valence-electron chi connectivity index (χ1n) is 13.5. The Bertz CT molecular complexity index is 1460. The second-order valence-electron chi connectivity index (χ2n) is 10.5. The van der Waals surface area contributed by atoms with Crippen molar-refractivity contribution in [2.24, 2.45) is 0 Å². The summed E-state index contributed by atoms with van der Waals surface area (Å²) in [5.74, 6) is 1.07. The van der Waals surface area contributed by atoms with Gasteiger partial charge in [0.1, 0.15) is 0 Å². The molecule has 0 aliphatic carbocycles. The van der Waals surface area contributed by atoms with Crippen LogP contribution in [-0.4, -0.2) is 65.8 Å². The predicted octanol–water partition coefficient (Wildman–Crippen LogP) is 5.60. The first-order chi connectivity index (χ1) is 19.7. The number of carbonyl (C=O) groups excluding carboxylic acids is 1. The molecule has 1 spiro atoms. The molecule has 1 fully saturated rings. The van der Waals surface area contributed by atoms with E-state index in [2.05, 4.69) is 9.80 Å². The van der Waals surface area contributed by atoms with Crippen LogP contribution in [0.1, 0.15) is 39.9 Å². The fourth-order valence-electron chi connectivity index (χ4n) is 6.03. The van der Waals surface area contributed by atoms with E-state index in [1.165, 1.54) is 24.3 Å². The Morgan fingerprint density at radius 1 is 0.814 bits per heavy atom. The molecule has 1 saturated heterocycles. The van der Waals surface area contributed by atoms with Gasteiger partial charge in [0.15, 0.2) is 17.3 Å². The van der Waals surface area contributed by atoms with Crippen molar-refractivity contribution in [3.05, 3.63) is 103 Å². The zero-order valence-electron chi connectivity index (χ0n) is 23.9. The summed E-state index contributed by atoms with van der Waals surface area (Å²) in [6.07, 6.45) is 2.32. The molecule has 0 saturated carbocycles. The molecule has 2 aliphatic rings. The summed E-state index contributed by atoms with van der Waals surface area (Å²) < 4.78 is 11.1. The number of fused-ring (bicyclic) bond motifs is 2. The lowest BCUT2D eigenvalue weighted by Crippen LogP contribution is -2.57. The molecule has 5 rings (SSSR count). The van der Waals surface area contributed by atoms with E-state index in [9.17, 15) is 25.0 Å². The fraction of sp³-hybridized carbons (Fsp3) is 0.367. The minimum absolute atomic E-state index is 0. The summed E-state index contributed by atoms with van der Waals surface area (Å²) in [5.41, 5.74) is 3.17. The molecule has 3 aromatic carbocycles. The van der Waals surface area contributed by atoms with Crippen molar-refractivity contribution in [3.8, 4) is 11.5 Å². The molecular weight excluding hydrogens is 599 g/mol. The molecule has 11 nitrogen and oxygen atoms in total. The number of rotatable bonds is 9. The lowest BCUT2D eigenvalue weighted by Gasteiger charge is -2.52. The molecule has 0 bridgehead atoms. The third kappa shape index (κ3) is 6.91. The average Bonchev–Trinajstić information content (AvgIpc) is 2.99. The maximum atomic E-state index is 13.4. The Morgan fingerprint density at radius 2 is 1.33 bits per heavy atom. The summed E-state index contributed by atoms with van der Waals surface area (Å²) in [5, 5.41) is 22.1. The fourth-order valence-corrected chi connectivity index (χ4v) is 6.03. The van der Waals surface area contributed by atoms with Crippen LogP contribution in [-0.2, 0) is 18.5 Å². The second-order valence-corrected chi connectivity index (χ2v) is 10.5. The first kappa shape index (κ1) is 33.7. The zero-order valence-corrected chi connectivity index (χ0v) is 25.5. The molecular formula is C30H34Cl2N4O7. The maximum absolute atomic E-state index is 13.4. The number of methoxy groups -OCH3 is 2. The summed E-state index contributed by atoms with van der Waals surface area (Å²) in [6, 6.07) is 16.9. The van der Waals surface area contributed by atoms with E-state index < -0.39 is 15.4 Å². The minimum atomic E-state index is -0.436. The number of benzene rings is 3. The first-order valence-corrected chi connectivity index (χ1v) is 13.5. The van der Waals surface area contributed by atoms with Crippen LogP contribution < -0.4 is 9.47 Å². The van der Waals surface area contributed by atoms with Gasteiger partial charge in [-0.05, 0) is 48.1 Å². The summed E-state index contributed by atoms with van der Waals surface area (Å²) in [7, 11) is 3.13. The lowest BCUT2D eigenvalue weighted by atomic mass is 9.73. The Kier molecular flexibility index (Phi) is 11.1. The molecule has 0 aromatic heterocycles. The van der Waals surface area contributed by atoms with Crippen LogP contribution in [0.3, 0.4) is 0 Å². The van der Waals surface area contributed by atoms with Crippen molar-refractivity contribution < 1.29 is 24.1 Å². The van der Waals surface area contributed by atoms with Gasteiger partial charge in [-0.3, -0.25) is 29.9 Å². The largest absolute Gasteiger partial charge is 0.493 e. The van der Waals surface area contributed by atoms with Crippen molar-refractivity contribution in [3.63, 3.8) is 0 Å². The summed E-state index contributed by atoms with van der Waals surface area (Å²) in [6.45, 7) is 3.11. The number of hydrogen-bond donors (Lipinski definition) is 0. The smallest absolute Gasteiger partial charge is 0.269 e. The predicted molar refractivity (Wildman–Crippen MR) is 166 cm³/mol. The lowest BCUT2D eigenvalue weighted by molar-refractivity contribution is -0.385. The molecule has 0 atom stereocenters. The SMILES string of the molecule is COc1cc2c(cc1OC)C1(CCN(CCc3ccc([N+](=O)[O-])cc3)CC1)N(Cc1ccc([N+](=O)[O-])cc1)CC2=O.Cl.Cl. The van der Waals surface area contributed by atoms with Gasteiger partial charge in [-0.1, -0.05) is 24.3 Å². The Balaban J connectivity index is 0.00000253. The molecule has 0 N–H and O–H groups in total. The van der Waals surface area contributed by atoms with Gasteiger partial charge in [0.2, 0.25) is 0 Å². The Hall–Kier alpha value is -3.77. The van der Waals surface area contributed by atoms with E-state index in [4.69, 9.17) is 9.47 Å². The van der Waals surface area contributed by atoms with Crippen molar-refractivity contribution in [2.45, 2.75) is 31.3 Å². The van der Waals surface area contributed by atoms with E-state index in [0.29, 0.717) is 23.6 Å². The van der Waals surface area contributed by atoms with E-state index in [0.717, 1.165) is 55.6 Å². The minimum Gasteiger partial charge on any atom is -0.493 e. The van der Waals surface area contributed by atoms with E-state index in [1.54, 1.807) is 44.6 Å². The van der Waals surface area contributed by atoms with Crippen LogP contribution in [0.2, 0.25) is 0 Å². The number of halogens is 2. The van der Waals surface area contributed by atoms with E-state index in [1.807, 2.05) is 6.07 Å². The van der Waals surface area contributed by atoms with Crippen molar-refractivity contribution >= 4 is 42.0 Å². The topological polar surface area (TPSA) is 128 Å². The molecule has 2 heterocycles. The number of nitro benzene ring substituents is 2. The highest BCUT2D eigenvalue weighted by atomic mass is 35.5. The van der Waals surface area contributed by atoms with E-state index >= 15 is 0 Å². The van der Waals surface area contributed by atoms with Gasteiger partial charge in [-0.15, -0.1) is 24.8 Å². The molecule has 13 heteroatoms. The van der Waals surface area contributed by atoms with Gasteiger partial charge >= 0.3 is 0 Å². The normalized spacial score (nSPS) is 16.0. The monoisotopic (exact) mass is 632 g/mol. The number of carbonyl (C=O) groups is 1. The van der Waals surface area contributed by atoms with Gasteiger partial charge in [-0.2, -0.15) is 0 Å². The van der Waals surface area contributed by atoms with Crippen molar-refractivity contribution in [1.82, 2.24) is 9.80 Å². The number of ether oxygens (including phenoxy) is 2. The third-order valence-corrected chi connectivity index (χ3v) is 8.33. The second kappa shape index (κ2) is 14.1. The number of nitro groups is 2. The number of nitrogens with zero attached hydrogens (tertiary/aromatic N) is 4. The number of ketones is 1. The molecule has 0 amide bonds. The molecule has 43 heavy (non-hydrogen) atoms. The van der Waals surface area contributed by atoms with Gasteiger partial charge in [0, 0.05) is 56.0 Å². The summed E-state index contributed by atoms with van der Waals surface area (Å²) in [4.78, 5) is 39.3. The third-order valence-electron chi connectivity index (χ3n) is 8.33. The zero-order chi connectivity index (χ0) is 29.1. The maximum Gasteiger partial charge on any atom is 0.269 e. The quantitative estimate of drug-likeness (QED) is 0.219. The molecule has 0 unspecified atom stereocenters. The Morgan fingerprint density at radius 3 is 1.84 bits per heavy atom. The van der Waals surface area contributed by atoms with Crippen LogP contribution >= 0.6 is 24.8 Å². The van der Waals surface area contributed by atoms with Gasteiger partial charge in [0.25, 0.3) is 11.4 Å². The molecule has 3 aromatic rings. The highest BCUT2D eigenvalue weighted by molar-refractivity contribution is 6.01. The molecule has 230 valence electrons. The molecule has 0 radical (unpaired) electrons. The number of Topliss-reactive ketones (excluding diaryl/α,β-unsaturated/α-hetero) is 1. The van der Waals surface area contributed by atoms with E-state index in [-0.39, 0.29) is 48.5 Å².